The molecule has 0 amide bonds. The van der Waals surface area contributed by atoms with E-state index in [1.54, 1.807) is 25.3 Å². The molecule has 2 aromatic rings. The first-order chi connectivity index (χ1) is 7.15. The van der Waals surface area contributed by atoms with Crippen molar-refractivity contribution in [2.75, 3.05) is 0 Å². The molecule has 76 valence electrons. The molecule has 0 aliphatic rings. The third-order valence-electron chi connectivity index (χ3n) is 2.21. The van der Waals surface area contributed by atoms with Crippen LogP contribution in [-0.2, 0) is 0 Å². The van der Waals surface area contributed by atoms with Gasteiger partial charge in [0.25, 0.3) is 0 Å². The van der Waals surface area contributed by atoms with E-state index in [0.29, 0.717) is 11.8 Å². The lowest BCUT2D eigenvalue weighted by atomic mass is 10.1. The molecule has 0 saturated carbocycles. The van der Waals surface area contributed by atoms with Gasteiger partial charge in [-0.25, -0.2) is 9.31 Å². The molecule has 2 rings (SSSR count). The van der Waals surface area contributed by atoms with Crippen LogP contribution in [0.25, 0.3) is 5.52 Å². The fourth-order valence-electron chi connectivity index (χ4n) is 1.57. The van der Waals surface area contributed by atoms with Crippen LogP contribution in [-0.4, -0.2) is 27.0 Å². The minimum atomic E-state index is -1.19. The number of carbonyl (C=O) groups is 2. The van der Waals surface area contributed by atoms with Gasteiger partial charge in [-0.1, -0.05) is 6.07 Å². The minimum Gasteiger partial charge on any atom is -0.476 e. The van der Waals surface area contributed by atoms with Crippen molar-refractivity contribution >= 4 is 17.8 Å². The summed E-state index contributed by atoms with van der Waals surface area (Å²) in [7, 11) is 0. The molecule has 0 atom stereocenters. The Hall–Kier alpha value is -2.17. The van der Waals surface area contributed by atoms with E-state index in [9.17, 15) is 9.59 Å². The first-order valence-corrected chi connectivity index (χ1v) is 4.31. The Labute approximate surface area is 84.9 Å². The van der Waals surface area contributed by atoms with Gasteiger partial charge in [0, 0.05) is 6.20 Å². The molecular formula is C10H8N2O3. The Kier molecular flexibility index (Phi) is 2.00. The minimum absolute atomic E-state index is 0.126. The van der Waals surface area contributed by atoms with Crippen LogP contribution in [0.4, 0.5) is 0 Å². The van der Waals surface area contributed by atoms with Crippen molar-refractivity contribution in [2.24, 2.45) is 0 Å². The highest BCUT2D eigenvalue weighted by Crippen LogP contribution is 2.17. The van der Waals surface area contributed by atoms with Crippen LogP contribution in [0.2, 0.25) is 0 Å². The number of aryl methyl sites for hydroxylation is 1. The molecule has 2 heterocycles. The van der Waals surface area contributed by atoms with Crippen molar-refractivity contribution in [3.8, 4) is 0 Å². The first kappa shape index (κ1) is 9.39. The number of aromatic nitrogens is 2. The molecule has 1 N–H and O–H groups in total. The van der Waals surface area contributed by atoms with Gasteiger partial charge in [0.15, 0.2) is 12.0 Å². The van der Waals surface area contributed by atoms with Crippen LogP contribution < -0.4 is 0 Å². The lowest BCUT2D eigenvalue weighted by Gasteiger charge is -1.96. The van der Waals surface area contributed by atoms with Crippen molar-refractivity contribution in [3.63, 3.8) is 0 Å². The van der Waals surface area contributed by atoms with Gasteiger partial charge in [0.1, 0.15) is 0 Å². The molecular weight excluding hydrogens is 196 g/mol. The predicted octanol–water partition coefficient (Wildman–Crippen LogP) is 1.15. The van der Waals surface area contributed by atoms with Crippen molar-refractivity contribution in [2.45, 2.75) is 6.92 Å². The average molecular weight is 204 g/mol. The zero-order valence-corrected chi connectivity index (χ0v) is 7.97. The van der Waals surface area contributed by atoms with E-state index in [2.05, 4.69) is 5.10 Å². The van der Waals surface area contributed by atoms with Crippen LogP contribution in [0.1, 0.15) is 26.4 Å². The molecule has 0 saturated heterocycles. The molecule has 0 aromatic carbocycles. The van der Waals surface area contributed by atoms with Gasteiger partial charge in [-0.15, -0.1) is 0 Å². The summed E-state index contributed by atoms with van der Waals surface area (Å²) in [6.45, 7) is 1.80. The van der Waals surface area contributed by atoms with Gasteiger partial charge in [0.05, 0.1) is 11.1 Å². The summed E-state index contributed by atoms with van der Waals surface area (Å²) >= 11 is 0. The third-order valence-corrected chi connectivity index (χ3v) is 2.21. The quantitative estimate of drug-likeness (QED) is 0.745. The van der Waals surface area contributed by atoms with Gasteiger partial charge in [-0.05, 0) is 18.6 Å². The standard InChI is InChI=1S/C10H8N2O3/c1-6-3-2-4-12-9(6)7(5-13)8(11-12)10(14)15/h2-5H,1H3,(H,14,15). The molecule has 0 unspecified atom stereocenters. The fraction of sp³-hybridized carbons (Fsp3) is 0.100. The molecule has 15 heavy (non-hydrogen) atoms. The van der Waals surface area contributed by atoms with Crippen molar-refractivity contribution in [1.82, 2.24) is 9.61 Å². The number of nitrogens with zero attached hydrogens (tertiary/aromatic N) is 2. The number of carboxylic acids is 1. The number of pyridine rings is 1. The topological polar surface area (TPSA) is 71.7 Å². The monoisotopic (exact) mass is 204 g/mol. The molecule has 0 fully saturated rings. The zero-order chi connectivity index (χ0) is 11.0. The Morgan fingerprint density at radius 1 is 1.60 bits per heavy atom. The maximum atomic E-state index is 10.8. The number of carboxylic acid groups (broad SMARTS) is 1. The summed E-state index contributed by atoms with van der Waals surface area (Å²) in [5, 5.41) is 12.7. The summed E-state index contributed by atoms with van der Waals surface area (Å²) in [5.41, 5.74) is 1.28. The van der Waals surface area contributed by atoms with Crippen molar-refractivity contribution in [1.29, 1.82) is 0 Å². The molecule has 0 aliphatic carbocycles. The second kappa shape index (κ2) is 3.20. The highest BCUT2D eigenvalue weighted by atomic mass is 16.4. The summed E-state index contributed by atoms with van der Waals surface area (Å²) in [6, 6.07) is 3.55. The van der Waals surface area contributed by atoms with E-state index in [1.165, 1.54) is 4.52 Å². The van der Waals surface area contributed by atoms with E-state index < -0.39 is 5.97 Å². The maximum Gasteiger partial charge on any atom is 0.357 e. The summed E-state index contributed by atoms with van der Waals surface area (Å²) in [6.07, 6.45) is 2.14. The predicted molar refractivity (Wildman–Crippen MR) is 52.3 cm³/mol. The van der Waals surface area contributed by atoms with Gasteiger partial charge < -0.3 is 5.11 Å². The van der Waals surface area contributed by atoms with Gasteiger partial charge >= 0.3 is 5.97 Å². The lowest BCUT2D eigenvalue weighted by Crippen LogP contribution is -2.00. The Bertz CT molecular complexity index is 557. The second-order valence-electron chi connectivity index (χ2n) is 3.17. The summed E-state index contributed by atoms with van der Waals surface area (Å²) in [4.78, 5) is 21.7. The van der Waals surface area contributed by atoms with E-state index in [0.717, 1.165) is 5.56 Å². The van der Waals surface area contributed by atoms with E-state index in [4.69, 9.17) is 5.11 Å². The molecule has 2 aromatic heterocycles. The molecule has 0 bridgehead atoms. The number of hydrogen-bond donors (Lipinski definition) is 1. The van der Waals surface area contributed by atoms with E-state index >= 15 is 0 Å². The van der Waals surface area contributed by atoms with Gasteiger partial charge in [-0.2, -0.15) is 5.10 Å². The highest BCUT2D eigenvalue weighted by molar-refractivity contribution is 6.01. The largest absolute Gasteiger partial charge is 0.476 e. The average Bonchev–Trinajstić information content (AvgIpc) is 2.57. The molecule has 5 nitrogen and oxygen atoms in total. The van der Waals surface area contributed by atoms with E-state index in [-0.39, 0.29) is 11.3 Å². The zero-order valence-electron chi connectivity index (χ0n) is 7.97. The molecule has 0 aliphatic heterocycles. The molecule has 0 radical (unpaired) electrons. The summed E-state index contributed by atoms with van der Waals surface area (Å²) in [5.74, 6) is -1.19. The van der Waals surface area contributed by atoms with Gasteiger partial charge in [-0.3, -0.25) is 4.79 Å². The highest BCUT2D eigenvalue weighted by Gasteiger charge is 2.18. The Morgan fingerprint density at radius 2 is 2.33 bits per heavy atom. The van der Waals surface area contributed by atoms with Crippen LogP contribution in [0.15, 0.2) is 18.3 Å². The number of hydrogen-bond acceptors (Lipinski definition) is 3. The van der Waals surface area contributed by atoms with Crippen LogP contribution in [0.5, 0.6) is 0 Å². The molecule has 5 heteroatoms. The summed E-state index contributed by atoms with van der Waals surface area (Å²) < 4.78 is 1.41. The van der Waals surface area contributed by atoms with Gasteiger partial charge in [0.2, 0.25) is 0 Å². The fourth-order valence-corrected chi connectivity index (χ4v) is 1.57. The maximum absolute atomic E-state index is 10.8. The van der Waals surface area contributed by atoms with Crippen LogP contribution in [0.3, 0.4) is 0 Å². The van der Waals surface area contributed by atoms with Crippen LogP contribution >= 0.6 is 0 Å². The number of rotatable bonds is 2. The van der Waals surface area contributed by atoms with Crippen LogP contribution in [0, 0.1) is 6.92 Å². The lowest BCUT2D eigenvalue weighted by molar-refractivity contribution is 0.0687. The van der Waals surface area contributed by atoms with Crippen molar-refractivity contribution in [3.05, 3.63) is 35.2 Å². The van der Waals surface area contributed by atoms with Crippen molar-refractivity contribution < 1.29 is 14.7 Å². The third kappa shape index (κ3) is 1.28. The number of aldehydes is 1. The second-order valence-corrected chi connectivity index (χ2v) is 3.17. The Morgan fingerprint density at radius 3 is 2.93 bits per heavy atom. The smallest absolute Gasteiger partial charge is 0.357 e. The number of aromatic carboxylic acids is 1. The SMILES string of the molecule is Cc1cccn2nc(C(=O)O)c(C=O)c12. The van der Waals surface area contributed by atoms with E-state index in [1.807, 2.05) is 0 Å². The first-order valence-electron chi connectivity index (χ1n) is 4.31. The number of fused-ring (bicyclic) bond motifs is 1. The Balaban J connectivity index is 2.92. The normalized spacial score (nSPS) is 10.5. The molecule has 0 spiro atoms. The number of carbonyl (C=O) groups excluding carboxylic acids is 1.